The quantitative estimate of drug-likeness (QED) is 0.719. The molecule has 3 rings (SSSR count). The van der Waals surface area contributed by atoms with Gasteiger partial charge in [-0.25, -0.2) is 4.79 Å². The normalized spacial score (nSPS) is 10.3. The van der Waals surface area contributed by atoms with Gasteiger partial charge in [0.2, 0.25) is 5.89 Å². The minimum atomic E-state index is -0.597. The van der Waals surface area contributed by atoms with Crippen LogP contribution in [0.5, 0.6) is 0 Å². The highest BCUT2D eigenvalue weighted by Gasteiger charge is 2.16. The van der Waals surface area contributed by atoms with Gasteiger partial charge in [-0.1, -0.05) is 30.3 Å². The van der Waals surface area contributed by atoms with E-state index in [2.05, 4.69) is 15.5 Å². The maximum absolute atomic E-state index is 12.3. The SMILES string of the molecule is Cc1nnc(COC(=O)c2ccccc2NC(=O)c2ccccc2)o1. The first kappa shape index (κ1) is 16.4. The third-order valence-corrected chi connectivity index (χ3v) is 3.33. The van der Waals surface area contributed by atoms with Crippen molar-refractivity contribution < 1.29 is 18.7 Å². The molecule has 0 aliphatic carbocycles. The predicted molar refractivity (Wildman–Crippen MR) is 89.0 cm³/mol. The lowest BCUT2D eigenvalue weighted by Gasteiger charge is -2.10. The van der Waals surface area contributed by atoms with E-state index >= 15 is 0 Å². The molecule has 0 atom stereocenters. The molecule has 2 aromatic carbocycles. The minimum absolute atomic E-state index is 0.138. The summed E-state index contributed by atoms with van der Waals surface area (Å²) in [5, 5.41) is 10.1. The Kier molecular flexibility index (Phi) is 4.84. The first-order valence-electron chi connectivity index (χ1n) is 7.55. The van der Waals surface area contributed by atoms with Crippen molar-refractivity contribution in [3.8, 4) is 0 Å². The van der Waals surface area contributed by atoms with Crippen LogP contribution in [0.1, 0.15) is 32.5 Å². The summed E-state index contributed by atoms with van der Waals surface area (Å²) in [6.45, 7) is 1.51. The molecule has 7 heteroatoms. The van der Waals surface area contributed by atoms with Crippen molar-refractivity contribution in [2.75, 3.05) is 5.32 Å². The molecule has 0 bridgehead atoms. The van der Waals surface area contributed by atoms with Crippen LogP contribution in [0.3, 0.4) is 0 Å². The van der Waals surface area contributed by atoms with Crippen LogP contribution in [-0.4, -0.2) is 22.1 Å². The van der Waals surface area contributed by atoms with Crippen LogP contribution in [-0.2, 0) is 11.3 Å². The highest BCUT2D eigenvalue weighted by Crippen LogP contribution is 2.18. The van der Waals surface area contributed by atoms with Gasteiger partial charge in [-0.3, -0.25) is 4.79 Å². The van der Waals surface area contributed by atoms with E-state index in [0.29, 0.717) is 17.1 Å². The lowest BCUT2D eigenvalue weighted by Crippen LogP contribution is -2.15. The molecule has 0 unspecified atom stereocenters. The summed E-state index contributed by atoms with van der Waals surface area (Å²) in [6, 6.07) is 15.3. The van der Waals surface area contributed by atoms with Crippen LogP contribution >= 0.6 is 0 Å². The number of carbonyl (C=O) groups is 2. The number of carbonyl (C=O) groups excluding carboxylic acids is 2. The van der Waals surface area contributed by atoms with Gasteiger partial charge in [0, 0.05) is 12.5 Å². The fourth-order valence-corrected chi connectivity index (χ4v) is 2.15. The smallest absolute Gasteiger partial charge is 0.340 e. The zero-order chi connectivity index (χ0) is 17.6. The molecule has 1 N–H and O–H groups in total. The van der Waals surface area contributed by atoms with Gasteiger partial charge in [-0.15, -0.1) is 10.2 Å². The van der Waals surface area contributed by atoms with E-state index in [9.17, 15) is 9.59 Å². The number of aromatic nitrogens is 2. The molecule has 0 aliphatic heterocycles. The Bertz CT molecular complexity index is 890. The number of aryl methyl sites for hydroxylation is 1. The second-order valence-electron chi connectivity index (χ2n) is 5.16. The Morgan fingerprint density at radius 1 is 1.04 bits per heavy atom. The maximum Gasteiger partial charge on any atom is 0.340 e. The maximum atomic E-state index is 12.3. The minimum Gasteiger partial charge on any atom is -0.452 e. The Labute approximate surface area is 143 Å². The summed E-state index contributed by atoms with van der Waals surface area (Å²) in [5.74, 6) is -0.314. The second-order valence-corrected chi connectivity index (χ2v) is 5.16. The van der Waals surface area contributed by atoms with Crippen molar-refractivity contribution in [2.45, 2.75) is 13.5 Å². The summed E-state index contributed by atoms with van der Waals surface area (Å²) in [4.78, 5) is 24.6. The topological polar surface area (TPSA) is 94.3 Å². The zero-order valence-corrected chi connectivity index (χ0v) is 13.4. The number of nitrogens with one attached hydrogen (secondary N) is 1. The summed E-state index contributed by atoms with van der Waals surface area (Å²) in [6.07, 6.45) is 0. The summed E-state index contributed by atoms with van der Waals surface area (Å²) in [7, 11) is 0. The number of anilines is 1. The molecule has 0 saturated heterocycles. The molecular formula is C18H15N3O4. The summed E-state index contributed by atoms with van der Waals surface area (Å²) in [5.41, 5.74) is 1.10. The molecule has 25 heavy (non-hydrogen) atoms. The molecule has 1 heterocycles. The Morgan fingerprint density at radius 3 is 2.48 bits per heavy atom. The number of ether oxygens (including phenoxy) is 1. The fourth-order valence-electron chi connectivity index (χ4n) is 2.15. The number of benzene rings is 2. The van der Waals surface area contributed by atoms with Gasteiger partial charge in [-0.05, 0) is 24.3 Å². The van der Waals surface area contributed by atoms with Gasteiger partial charge in [0.05, 0.1) is 11.3 Å². The lowest BCUT2D eigenvalue weighted by atomic mass is 10.1. The number of esters is 1. The number of nitrogens with zero attached hydrogens (tertiary/aromatic N) is 2. The van der Waals surface area contributed by atoms with Gasteiger partial charge in [0.1, 0.15) is 0 Å². The molecule has 3 aromatic rings. The van der Waals surface area contributed by atoms with Crippen LogP contribution in [0.2, 0.25) is 0 Å². The van der Waals surface area contributed by atoms with Crippen molar-refractivity contribution in [1.82, 2.24) is 10.2 Å². The van der Waals surface area contributed by atoms with Gasteiger partial charge in [-0.2, -0.15) is 0 Å². The largest absolute Gasteiger partial charge is 0.452 e. The molecule has 1 amide bonds. The number of hydrogen-bond donors (Lipinski definition) is 1. The van der Waals surface area contributed by atoms with E-state index in [0.717, 1.165) is 0 Å². The van der Waals surface area contributed by atoms with Crippen LogP contribution < -0.4 is 5.32 Å². The summed E-state index contributed by atoms with van der Waals surface area (Å²) < 4.78 is 10.3. The Balaban J connectivity index is 1.71. The standard InChI is InChI=1S/C18H15N3O4/c1-12-20-21-16(25-12)11-24-18(23)14-9-5-6-10-15(14)19-17(22)13-7-3-2-4-8-13/h2-10H,11H2,1H3,(H,19,22). The Hall–Kier alpha value is -3.48. The molecule has 0 saturated carbocycles. The van der Waals surface area contributed by atoms with E-state index in [1.165, 1.54) is 0 Å². The van der Waals surface area contributed by atoms with Gasteiger partial charge in [0.15, 0.2) is 6.61 Å². The van der Waals surface area contributed by atoms with Crippen molar-refractivity contribution >= 4 is 17.6 Å². The first-order chi connectivity index (χ1) is 12.1. The molecule has 7 nitrogen and oxygen atoms in total. The average molecular weight is 337 g/mol. The Morgan fingerprint density at radius 2 is 1.76 bits per heavy atom. The van der Waals surface area contributed by atoms with E-state index in [1.807, 2.05) is 6.07 Å². The monoisotopic (exact) mass is 337 g/mol. The van der Waals surface area contributed by atoms with E-state index in [-0.39, 0.29) is 24.0 Å². The van der Waals surface area contributed by atoms with Crippen LogP contribution in [0.4, 0.5) is 5.69 Å². The van der Waals surface area contributed by atoms with Gasteiger partial charge in [0.25, 0.3) is 11.8 Å². The van der Waals surface area contributed by atoms with E-state index in [4.69, 9.17) is 9.15 Å². The summed E-state index contributed by atoms with van der Waals surface area (Å²) >= 11 is 0. The molecule has 0 aliphatic rings. The van der Waals surface area contributed by atoms with E-state index < -0.39 is 5.97 Å². The molecule has 1 aromatic heterocycles. The highest BCUT2D eigenvalue weighted by molar-refractivity contribution is 6.07. The van der Waals surface area contributed by atoms with Crippen molar-refractivity contribution in [1.29, 1.82) is 0 Å². The van der Waals surface area contributed by atoms with Crippen molar-refractivity contribution in [3.63, 3.8) is 0 Å². The fraction of sp³-hybridized carbons (Fsp3) is 0.111. The lowest BCUT2D eigenvalue weighted by molar-refractivity contribution is 0.0438. The average Bonchev–Trinajstić information content (AvgIpc) is 3.06. The molecule has 0 spiro atoms. The number of amides is 1. The van der Waals surface area contributed by atoms with Crippen LogP contribution in [0.25, 0.3) is 0 Å². The number of hydrogen-bond acceptors (Lipinski definition) is 6. The molecule has 126 valence electrons. The molecular weight excluding hydrogens is 322 g/mol. The second kappa shape index (κ2) is 7.39. The predicted octanol–water partition coefficient (Wildman–Crippen LogP) is 2.99. The first-order valence-corrected chi connectivity index (χ1v) is 7.55. The van der Waals surface area contributed by atoms with Crippen molar-refractivity contribution in [2.24, 2.45) is 0 Å². The molecule has 0 fully saturated rings. The zero-order valence-electron chi connectivity index (χ0n) is 13.4. The van der Waals surface area contributed by atoms with Crippen molar-refractivity contribution in [3.05, 3.63) is 77.5 Å². The van der Waals surface area contributed by atoms with Crippen LogP contribution in [0, 0.1) is 6.92 Å². The van der Waals surface area contributed by atoms with E-state index in [1.54, 1.807) is 55.5 Å². The third-order valence-electron chi connectivity index (χ3n) is 3.33. The van der Waals surface area contributed by atoms with Gasteiger partial charge < -0.3 is 14.5 Å². The number of para-hydroxylation sites is 1. The van der Waals surface area contributed by atoms with Gasteiger partial charge >= 0.3 is 5.97 Å². The third kappa shape index (κ3) is 4.08. The highest BCUT2D eigenvalue weighted by atomic mass is 16.5. The van der Waals surface area contributed by atoms with Crippen LogP contribution in [0.15, 0.2) is 59.0 Å². The number of rotatable bonds is 5. The molecule has 0 radical (unpaired) electrons.